The minimum atomic E-state index is -0.642. The smallest absolute Gasteiger partial charge is 0.322 e. The number of nitrogens with one attached hydrogen (secondary N) is 2. The van der Waals surface area contributed by atoms with Gasteiger partial charge in [-0.05, 0) is 29.8 Å². The van der Waals surface area contributed by atoms with Crippen molar-refractivity contribution < 1.29 is 23.9 Å². The fourth-order valence-electron chi connectivity index (χ4n) is 3.91. The SMILES string of the molecule is COCCNC(=O)CN1CC2=C(C1=O)C(c1cccc(Oc3ccccc3)c1)NC(=O)N2C. The molecule has 2 N–H and O–H groups in total. The predicted octanol–water partition coefficient (Wildman–Crippen LogP) is 2.03. The minimum Gasteiger partial charge on any atom is -0.457 e. The summed E-state index contributed by atoms with van der Waals surface area (Å²) in [5.41, 5.74) is 1.77. The number of nitrogens with zero attached hydrogens (tertiary/aromatic N) is 2. The van der Waals surface area contributed by atoms with E-state index in [0.717, 1.165) is 5.56 Å². The molecular formula is C24H26N4O5. The summed E-state index contributed by atoms with van der Waals surface area (Å²) in [6.45, 7) is 0.842. The molecule has 0 bridgehead atoms. The van der Waals surface area contributed by atoms with Crippen LogP contribution in [0.25, 0.3) is 0 Å². The number of rotatable bonds is 8. The summed E-state index contributed by atoms with van der Waals surface area (Å²) in [5, 5.41) is 5.62. The second-order valence-electron chi connectivity index (χ2n) is 7.79. The van der Waals surface area contributed by atoms with Gasteiger partial charge in [-0.15, -0.1) is 0 Å². The summed E-state index contributed by atoms with van der Waals surface area (Å²) in [5.74, 6) is 0.716. The fourth-order valence-corrected chi connectivity index (χ4v) is 3.91. The molecule has 2 heterocycles. The van der Waals surface area contributed by atoms with E-state index in [-0.39, 0.29) is 30.9 Å². The molecule has 0 radical (unpaired) electrons. The van der Waals surface area contributed by atoms with E-state index in [2.05, 4.69) is 10.6 Å². The molecule has 0 aliphatic carbocycles. The summed E-state index contributed by atoms with van der Waals surface area (Å²) in [6, 6.07) is 15.7. The van der Waals surface area contributed by atoms with Crippen LogP contribution < -0.4 is 15.4 Å². The van der Waals surface area contributed by atoms with Crippen LogP contribution >= 0.6 is 0 Å². The second-order valence-corrected chi connectivity index (χ2v) is 7.79. The number of amides is 4. The Morgan fingerprint density at radius 2 is 1.88 bits per heavy atom. The molecule has 0 saturated carbocycles. The third kappa shape index (κ3) is 4.83. The number of hydrogen-bond donors (Lipinski definition) is 2. The summed E-state index contributed by atoms with van der Waals surface area (Å²) < 4.78 is 10.8. The Balaban J connectivity index is 1.56. The van der Waals surface area contributed by atoms with Gasteiger partial charge in [0.2, 0.25) is 5.91 Å². The van der Waals surface area contributed by atoms with Crippen LogP contribution in [0.3, 0.4) is 0 Å². The van der Waals surface area contributed by atoms with Crippen LogP contribution in [0.5, 0.6) is 11.5 Å². The Labute approximate surface area is 191 Å². The number of hydrogen-bond acceptors (Lipinski definition) is 5. The third-order valence-corrected chi connectivity index (χ3v) is 5.57. The maximum Gasteiger partial charge on any atom is 0.322 e. The zero-order valence-corrected chi connectivity index (χ0v) is 18.5. The van der Waals surface area contributed by atoms with Gasteiger partial charge in [-0.25, -0.2) is 4.79 Å². The molecule has 172 valence electrons. The van der Waals surface area contributed by atoms with Crippen molar-refractivity contribution in [3.8, 4) is 11.5 Å². The molecular weight excluding hydrogens is 424 g/mol. The van der Waals surface area contributed by atoms with E-state index in [4.69, 9.17) is 9.47 Å². The van der Waals surface area contributed by atoms with Gasteiger partial charge >= 0.3 is 6.03 Å². The Morgan fingerprint density at radius 3 is 2.64 bits per heavy atom. The summed E-state index contributed by atoms with van der Waals surface area (Å²) in [6.07, 6.45) is 0. The van der Waals surface area contributed by atoms with Crippen LogP contribution in [-0.4, -0.2) is 68.0 Å². The fraction of sp³-hybridized carbons (Fsp3) is 0.292. The molecule has 0 spiro atoms. The number of methoxy groups -OCH3 is 1. The normalized spacial score (nSPS) is 17.7. The predicted molar refractivity (Wildman–Crippen MR) is 120 cm³/mol. The van der Waals surface area contributed by atoms with Crippen molar-refractivity contribution in [2.75, 3.05) is 40.4 Å². The lowest BCUT2D eigenvalue weighted by Crippen LogP contribution is -2.45. The zero-order chi connectivity index (χ0) is 23.4. The first-order valence-electron chi connectivity index (χ1n) is 10.6. The van der Waals surface area contributed by atoms with Gasteiger partial charge in [0, 0.05) is 20.7 Å². The second kappa shape index (κ2) is 9.74. The zero-order valence-electron chi connectivity index (χ0n) is 18.5. The van der Waals surface area contributed by atoms with E-state index < -0.39 is 6.04 Å². The topological polar surface area (TPSA) is 100 Å². The highest BCUT2D eigenvalue weighted by atomic mass is 16.5. The minimum absolute atomic E-state index is 0.0958. The van der Waals surface area contributed by atoms with Crippen molar-refractivity contribution in [1.29, 1.82) is 0 Å². The quantitative estimate of drug-likeness (QED) is 0.600. The van der Waals surface area contributed by atoms with Gasteiger partial charge in [0.1, 0.15) is 18.0 Å². The van der Waals surface area contributed by atoms with Crippen molar-refractivity contribution in [3.63, 3.8) is 0 Å². The lowest BCUT2D eigenvalue weighted by molar-refractivity contribution is -0.132. The Morgan fingerprint density at radius 1 is 1.12 bits per heavy atom. The van der Waals surface area contributed by atoms with Crippen LogP contribution in [0, 0.1) is 0 Å². The van der Waals surface area contributed by atoms with Gasteiger partial charge in [0.15, 0.2) is 0 Å². The molecule has 2 aromatic rings. The highest BCUT2D eigenvalue weighted by Gasteiger charge is 2.43. The summed E-state index contributed by atoms with van der Waals surface area (Å²) in [4.78, 5) is 41.0. The number of benzene rings is 2. The highest BCUT2D eigenvalue weighted by molar-refractivity contribution is 6.02. The molecule has 2 aliphatic rings. The van der Waals surface area contributed by atoms with Crippen molar-refractivity contribution >= 4 is 17.8 Å². The first kappa shape index (κ1) is 22.3. The van der Waals surface area contributed by atoms with Crippen molar-refractivity contribution in [1.82, 2.24) is 20.4 Å². The van der Waals surface area contributed by atoms with Gasteiger partial charge in [0.05, 0.1) is 30.5 Å². The largest absolute Gasteiger partial charge is 0.457 e. The average molecular weight is 450 g/mol. The van der Waals surface area contributed by atoms with Crippen LogP contribution in [-0.2, 0) is 14.3 Å². The lowest BCUT2D eigenvalue weighted by Gasteiger charge is -2.31. The molecule has 0 aromatic heterocycles. The molecule has 1 unspecified atom stereocenters. The molecule has 0 fully saturated rings. The lowest BCUT2D eigenvalue weighted by atomic mass is 9.95. The molecule has 2 aromatic carbocycles. The number of likely N-dealkylation sites (N-methyl/N-ethyl adjacent to an activating group) is 1. The van der Waals surface area contributed by atoms with Gasteiger partial charge < -0.3 is 25.0 Å². The maximum atomic E-state index is 13.3. The number of urea groups is 1. The maximum absolute atomic E-state index is 13.3. The Kier molecular flexibility index (Phi) is 6.60. The Hall–Kier alpha value is -3.85. The average Bonchev–Trinajstić information content (AvgIpc) is 3.13. The first-order valence-corrected chi connectivity index (χ1v) is 10.6. The van der Waals surface area contributed by atoms with Crippen molar-refractivity contribution in [2.45, 2.75) is 6.04 Å². The first-order chi connectivity index (χ1) is 16.0. The van der Waals surface area contributed by atoms with Crippen LogP contribution in [0.15, 0.2) is 65.9 Å². The third-order valence-electron chi connectivity index (χ3n) is 5.57. The van der Waals surface area contributed by atoms with E-state index >= 15 is 0 Å². The molecule has 2 aliphatic heterocycles. The van der Waals surface area contributed by atoms with Crippen LogP contribution in [0.1, 0.15) is 11.6 Å². The van der Waals surface area contributed by atoms with E-state index in [0.29, 0.717) is 35.9 Å². The van der Waals surface area contributed by atoms with Crippen molar-refractivity contribution in [2.24, 2.45) is 0 Å². The molecule has 4 rings (SSSR count). The highest BCUT2D eigenvalue weighted by Crippen LogP contribution is 2.36. The number of para-hydroxylation sites is 1. The Bertz CT molecular complexity index is 1090. The number of ether oxygens (including phenoxy) is 2. The van der Waals surface area contributed by atoms with E-state index in [9.17, 15) is 14.4 Å². The van der Waals surface area contributed by atoms with Crippen LogP contribution in [0.2, 0.25) is 0 Å². The number of carbonyl (C=O) groups is 3. The van der Waals surface area contributed by atoms with E-state index in [1.54, 1.807) is 20.2 Å². The van der Waals surface area contributed by atoms with Gasteiger partial charge in [0.25, 0.3) is 5.91 Å². The summed E-state index contributed by atoms with van der Waals surface area (Å²) in [7, 11) is 3.17. The molecule has 0 saturated heterocycles. The monoisotopic (exact) mass is 450 g/mol. The van der Waals surface area contributed by atoms with E-state index in [1.165, 1.54) is 9.80 Å². The van der Waals surface area contributed by atoms with Gasteiger partial charge in [-0.2, -0.15) is 0 Å². The van der Waals surface area contributed by atoms with Gasteiger partial charge in [-0.3, -0.25) is 14.5 Å². The van der Waals surface area contributed by atoms with E-state index in [1.807, 2.05) is 48.5 Å². The molecule has 1 atom stereocenters. The molecule has 9 nitrogen and oxygen atoms in total. The summed E-state index contributed by atoms with van der Waals surface area (Å²) >= 11 is 0. The molecule has 4 amide bonds. The van der Waals surface area contributed by atoms with Crippen LogP contribution in [0.4, 0.5) is 4.79 Å². The molecule has 33 heavy (non-hydrogen) atoms. The molecule has 9 heteroatoms. The number of carbonyl (C=O) groups excluding carboxylic acids is 3. The van der Waals surface area contributed by atoms with Gasteiger partial charge in [-0.1, -0.05) is 30.3 Å². The van der Waals surface area contributed by atoms with Crippen molar-refractivity contribution in [3.05, 3.63) is 71.4 Å². The standard InChI is InChI=1S/C24H26N4O5/c1-27-19-14-28(15-20(29)25-11-12-32-2)23(30)21(19)22(26-24(27)31)16-7-6-10-18(13-16)33-17-8-4-3-5-9-17/h3-10,13,22H,11-12,14-15H2,1-2H3,(H,25,29)(H,26,31).